The van der Waals surface area contributed by atoms with Crippen LogP contribution in [-0.2, 0) is 22.6 Å². The molecule has 29 heavy (non-hydrogen) atoms. The molecule has 2 aromatic rings. The lowest BCUT2D eigenvalue weighted by atomic mass is 10.2. The van der Waals surface area contributed by atoms with Crippen LogP contribution in [-0.4, -0.2) is 59.0 Å². The molecule has 0 N–H and O–H groups in total. The van der Waals surface area contributed by atoms with Crippen molar-refractivity contribution in [2.75, 3.05) is 32.8 Å². The Morgan fingerprint density at radius 3 is 2.69 bits per heavy atom. The fourth-order valence-electron chi connectivity index (χ4n) is 3.74. The standard InChI is InChI=1S/C22H29N3O4/c1-2-9-25(21(26)17-5-6-17)15-18-4-3-10-24(18)16-19-7-8-20(29-19)22(27)23-11-13-28-14-12-23/h3-4,7-8,10,17H,2,5-6,9,11-16H2,1H3. The van der Waals surface area contributed by atoms with Crippen molar-refractivity contribution in [2.45, 2.75) is 39.3 Å². The maximum Gasteiger partial charge on any atom is 0.289 e. The Bertz CT molecular complexity index is 846. The van der Waals surface area contributed by atoms with E-state index in [9.17, 15) is 9.59 Å². The van der Waals surface area contributed by atoms with Gasteiger partial charge < -0.3 is 23.5 Å². The molecule has 2 fully saturated rings. The van der Waals surface area contributed by atoms with Gasteiger partial charge in [0.25, 0.3) is 5.91 Å². The van der Waals surface area contributed by atoms with E-state index in [1.54, 1.807) is 11.0 Å². The second-order valence-electron chi connectivity index (χ2n) is 7.83. The summed E-state index contributed by atoms with van der Waals surface area (Å²) >= 11 is 0. The fraction of sp³-hybridized carbons (Fsp3) is 0.545. The summed E-state index contributed by atoms with van der Waals surface area (Å²) in [4.78, 5) is 28.9. The monoisotopic (exact) mass is 399 g/mol. The molecule has 2 aliphatic rings. The molecule has 1 aliphatic heterocycles. The molecule has 2 amide bonds. The highest BCUT2D eigenvalue weighted by molar-refractivity contribution is 5.91. The first-order valence-corrected chi connectivity index (χ1v) is 10.5. The van der Waals surface area contributed by atoms with E-state index < -0.39 is 0 Å². The molecule has 1 saturated carbocycles. The van der Waals surface area contributed by atoms with Crippen LogP contribution in [0.3, 0.4) is 0 Å². The zero-order valence-corrected chi connectivity index (χ0v) is 17.0. The number of amides is 2. The number of rotatable bonds is 8. The maximum absolute atomic E-state index is 12.6. The number of hydrogen-bond acceptors (Lipinski definition) is 4. The van der Waals surface area contributed by atoms with Gasteiger partial charge in [-0.15, -0.1) is 0 Å². The van der Waals surface area contributed by atoms with Gasteiger partial charge in [0.05, 0.1) is 26.3 Å². The van der Waals surface area contributed by atoms with Crippen molar-refractivity contribution in [3.05, 3.63) is 47.7 Å². The second-order valence-corrected chi connectivity index (χ2v) is 7.83. The van der Waals surface area contributed by atoms with Crippen LogP contribution in [0.25, 0.3) is 0 Å². The summed E-state index contributed by atoms with van der Waals surface area (Å²) in [6, 6.07) is 7.64. The Labute approximate surface area is 171 Å². The molecule has 1 aliphatic carbocycles. The van der Waals surface area contributed by atoms with E-state index in [0.717, 1.165) is 37.3 Å². The van der Waals surface area contributed by atoms with Crippen molar-refractivity contribution in [3.63, 3.8) is 0 Å². The fourth-order valence-corrected chi connectivity index (χ4v) is 3.74. The molecule has 156 valence electrons. The molecule has 4 rings (SSSR count). The average molecular weight is 399 g/mol. The van der Waals surface area contributed by atoms with Gasteiger partial charge in [-0.05, 0) is 43.5 Å². The van der Waals surface area contributed by atoms with E-state index in [4.69, 9.17) is 9.15 Å². The first kappa shape index (κ1) is 19.8. The number of morpholine rings is 1. The van der Waals surface area contributed by atoms with Crippen molar-refractivity contribution in [2.24, 2.45) is 5.92 Å². The molecule has 7 nitrogen and oxygen atoms in total. The summed E-state index contributed by atoms with van der Waals surface area (Å²) in [6.07, 6.45) is 4.98. The molecule has 2 aromatic heterocycles. The van der Waals surface area contributed by atoms with Crippen LogP contribution in [0.1, 0.15) is 48.2 Å². The minimum absolute atomic E-state index is 0.0866. The summed E-state index contributed by atoms with van der Waals surface area (Å²) in [5.74, 6) is 1.51. The topological polar surface area (TPSA) is 67.9 Å². The molecular formula is C22H29N3O4. The summed E-state index contributed by atoms with van der Waals surface area (Å²) < 4.78 is 13.2. The van der Waals surface area contributed by atoms with E-state index in [1.165, 1.54) is 0 Å². The minimum atomic E-state index is -0.0866. The number of carbonyl (C=O) groups excluding carboxylic acids is 2. The van der Waals surface area contributed by atoms with Crippen LogP contribution in [0.15, 0.2) is 34.9 Å². The Kier molecular flexibility index (Phi) is 6.04. The third-order valence-corrected chi connectivity index (χ3v) is 5.51. The van der Waals surface area contributed by atoms with Gasteiger partial charge >= 0.3 is 0 Å². The highest BCUT2D eigenvalue weighted by atomic mass is 16.5. The molecule has 1 saturated heterocycles. The minimum Gasteiger partial charge on any atom is -0.454 e. The molecule has 0 atom stereocenters. The first-order valence-electron chi connectivity index (χ1n) is 10.5. The van der Waals surface area contributed by atoms with Crippen LogP contribution in [0.5, 0.6) is 0 Å². The first-order chi connectivity index (χ1) is 14.2. The van der Waals surface area contributed by atoms with E-state index in [-0.39, 0.29) is 17.7 Å². The summed E-state index contributed by atoms with van der Waals surface area (Å²) in [5.41, 5.74) is 1.07. The summed E-state index contributed by atoms with van der Waals surface area (Å²) in [6.45, 7) is 6.35. The second kappa shape index (κ2) is 8.86. The molecule has 0 spiro atoms. The van der Waals surface area contributed by atoms with Gasteiger partial charge in [-0.25, -0.2) is 0 Å². The lowest BCUT2D eigenvalue weighted by Crippen LogP contribution is -2.40. The Morgan fingerprint density at radius 2 is 1.97 bits per heavy atom. The van der Waals surface area contributed by atoms with Gasteiger partial charge in [0.15, 0.2) is 5.76 Å². The van der Waals surface area contributed by atoms with Crippen LogP contribution < -0.4 is 0 Å². The third kappa shape index (κ3) is 4.72. The Hall–Kier alpha value is -2.54. The quantitative estimate of drug-likeness (QED) is 0.685. The highest BCUT2D eigenvalue weighted by Crippen LogP contribution is 2.31. The smallest absolute Gasteiger partial charge is 0.289 e. The summed E-state index contributed by atoms with van der Waals surface area (Å²) in [5, 5.41) is 0. The van der Waals surface area contributed by atoms with E-state index in [2.05, 4.69) is 11.5 Å². The van der Waals surface area contributed by atoms with Crippen molar-refractivity contribution >= 4 is 11.8 Å². The summed E-state index contributed by atoms with van der Waals surface area (Å²) in [7, 11) is 0. The molecule has 0 unspecified atom stereocenters. The number of carbonyl (C=O) groups is 2. The van der Waals surface area contributed by atoms with Gasteiger partial charge in [0.1, 0.15) is 5.76 Å². The van der Waals surface area contributed by atoms with E-state index >= 15 is 0 Å². The largest absolute Gasteiger partial charge is 0.454 e. The van der Waals surface area contributed by atoms with Crippen molar-refractivity contribution in [1.82, 2.24) is 14.4 Å². The van der Waals surface area contributed by atoms with Crippen LogP contribution in [0.2, 0.25) is 0 Å². The molecule has 0 aromatic carbocycles. The zero-order valence-electron chi connectivity index (χ0n) is 17.0. The molecule has 3 heterocycles. The van der Waals surface area contributed by atoms with Crippen LogP contribution >= 0.6 is 0 Å². The molecular weight excluding hydrogens is 370 g/mol. The third-order valence-electron chi connectivity index (χ3n) is 5.51. The number of aromatic nitrogens is 1. The number of furan rings is 1. The zero-order chi connectivity index (χ0) is 20.2. The van der Waals surface area contributed by atoms with Crippen molar-refractivity contribution < 1.29 is 18.7 Å². The predicted octanol–water partition coefficient (Wildman–Crippen LogP) is 2.75. The molecule has 0 bridgehead atoms. The van der Waals surface area contributed by atoms with Gasteiger partial charge in [-0.3, -0.25) is 9.59 Å². The van der Waals surface area contributed by atoms with Crippen LogP contribution in [0, 0.1) is 5.92 Å². The van der Waals surface area contributed by atoms with E-state index in [1.807, 2.05) is 29.3 Å². The highest BCUT2D eigenvalue weighted by Gasteiger charge is 2.33. The van der Waals surface area contributed by atoms with Crippen molar-refractivity contribution in [1.29, 1.82) is 0 Å². The van der Waals surface area contributed by atoms with Gasteiger partial charge in [0.2, 0.25) is 5.91 Å². The van der Waals surface area contributed by atoms with Crippen molar-refractivity contribution in [3.8, 4) is 0 Å². The number of ether oxygens (including phenoxy) is 1. The SMILES string of the molecule is CCCN(Cc1cccn1Cc1ccc(C(=O)N2CCOCC2)o1)C(=O)C1CC1. The molecule has 7 heteroatoms. The van der Waals surface area contributed by atoms with Gasteiger partial charge in [-0.1, -0.05) is 6.92 Å². The van der Waals surface area contributed by atoms with Gasteiger partial charge in [0, 0.05) is 37.4 Å². The average Bonchev–Trinajstić information content (AvgIpc) is 3.35. The van der Waals surface area contributed by atoms with Gasteiger partial charge in [-0.2, -0.15) is 0 Å². The predicted molar refractivity (Wildman–Crippen MR) is 107 cm³/mol. The Balaban J connectivity index is 1.41. The lowest BCUT2D eigenvalue weighted by Gasteiger charge is -2.25. The Morgan fingerprint density at radius 1 is 1.17 bits per heavy atom. The molecule has 0 radical (unpaired) electrons. The van der Waals surface area contributed by atoms with E-state index in [0.29, 0.717) is 45.2 Å². The maximum atomic E-state index is 12.6. The van der Waals surface area contributed by atoms with Crippen LogP contribution in [0.4, 0.5) is 0 Å². The normalized spacial score (nSPS) is 16.8. The number of nitrogens with zero attached hydrogens (tertiary/aromatic N) is 3. The lowest BCUT2D eigenvalue weighted by molar-refractivity contribution is -0.133. The number of hydrogen-bond donors (Lipinski definition) is 0.